The fraction of sp³-hybridized carbons (Fsp3) is 1.00. The third-order valence-corrected chi connectivity index (χ3v) is 10.8. The van der Waals surface area contributed by atoms with Crippen molar-refractivity contribution in [2.45, 2.75) is 196 Å². The van der Waals surface area contributed by atoms with Crippen LogP contribution in [-0.4, -0.2) is 102 Å². The first kappa shape index (κ1) is 57.7. The number of rotatable bonds is 44. The average molecular weight is 800 g/mol. The quantitative estimate of drug-likeness (QED) is 0.0572. The van der Waals surface area contributed by atoms with Crippen molar-refractivity contribution in [1.82, 2.24) is 9.80 Å². The van der Waals surface area contributed by atoms with Crippen LogP contribution in [-0.2, 0) is 18.9 Å². The topological polar surface area (TPSA) is 43.4 Å². The average Bonchev–Trinajstić information content (AvgIpc) is 3.15. The minimum absolute atomic E-state index is 0. The second-order valence-electron chi connectivity index (χ2n) is 15.5. The molecule has 0 spiro atoms. The van der Waals surface area contributed by atoms with E-state index in [4.69, 9.17) is 18.9 Å². The lowest BCUT2D eigenvalue weighted by Gasteiger charge is -2.33. The van der Waals surface area contributed by atoms with Gasteiger partial charge in [-0.05, 0) is 39.0 Å². The summed E-state index contributed by atoms with van der Waals surface area (Å²) in [7, 11) is 0. The largest absolute Gasteiger partial charge is 0.381 e. The predicted molar refractivity (Wildman–Crippen MR) is 238 cm³/mol. The maximum Gasteiger partial charge on any atom is 0.0637 e. The molecule has 6 nitrogen and oxygen atoms in total. The molecule has 0 N–H and O–H groups in total. The van der Waals surface area contributed by atoms with Gasteiger partial charge in [-0.15, -0.1) is 24.8 Å². The van der Waals surface area contributed by atoms with Crippen molar-refractivity contribution in [2.75, 3.05) is 92.1 Å². The highest BCUT2D eigenvalue weighted by Gasteiger charge is 2.32. The summed E-state index contributed by atoms with van der Waals surface area (Å²) in [6, 6.07) is 0. The molecule has 0 aliphatic rings. The fourth-order valence-electron chi connectivity index (χ4n) is 6.96. The Morgan fingerprint density at radius 1 is 0.302 bits per heavy atom. The van der Waals surface area contributed by atoms with Crippen molar-refractivity contribution in [2.24, 2.45) is 5.41 Å². The highest BCUT2D eigenvalue weighted by atomic mass is 35.5. The zero-order chi connectivity index (χ0) is 37.4. The number of likely N-dealkylation sites (N-methyl/N-ethyl adjacent to an activating group) is 2. The SMILES string of the molecule is CCCCCCCCCCCCCCOCC(COCCCCCCCCCCCCCC)(COCCN(CC)CC)COCCN(CC)CC.Cl.Cl. The molecule has 0 saturated carbocycles. The van der Waals surface area contributed by atoms with Crippen molar-refractivity contribution < 1.29 is 18.9 Å². The third-order valence-electron chi connectivity index (χ3n) is 10.8. The summed E-state index contributed by atoms with van der Waals surface area (Å²) >= 11 is 0. The van der Waals surface area contributed by atoms with E-state index in [-0.39, 0.29) is 30.2 Å². The van der Waals surface area contributed by atoms with Crippen LogP contribution in [0.5, 0.6) is 0 Å². The summed E-state index contributed by atoms with van der Waals surface area (Å²) in [5.41, 5.74) is -0.277. The first-order valence-electron chi connectivity index (χ1n) is 22.9. The molecule has 0 unspecified atom stereocenters. The van der Waals surface area contributed by atoms with Gasteiger partial charge in [-0.1, -0.05) is 183 Å². The molecule has 0 rings (SSSR count). The maximum atomic E-state index is 6.44. The van der Waals surface area contributed by atoms with E-state index in [1.54, 1.807) is 0 Å². The molecule has 324 valence electrons. The summed E-state index contributed by atoms with van der Waals surface area (Å²) in [5, 5.41) is 0. The van der Waals surface area contributed by atoms with E-state index < -0.39 is 0 Å². The second-order valence-corrected chi connectivity index (χ2v) is 15.5. The Labute approximate surface area is 345 Å². The zero-order valence-electron chi connectivity index (χ0n) is 36.7. The van der Waals surface area contributed by atoms with Gasteiger partial charge in [0.1, 0.15) is 0 Å². The fourth-order valence-corrected chi connectivity index (χ4v) is 6.96. The van der Waals surface area contributed by atoms with Crippen LogP contribution in [0.2, 0.25) is 0 Å². The van der Waals surface area contributed by atoms with Crippen LogP contribution in [0.1, 0.15) is 196 Å². The van der Waals surface area contributed by atoms with Gasteiger partial charge in [0, 0.05) is 26.3 Å². The third kappa shape index (κ3) is 39.0. The van der Waals surface area contributed by atoms with Gasteiger partial charge in [-0.2, -0.15) is 0 Å². The molecule has 0 saturated heterocycles. The molecule has 0 atom stereocenters. The van der Waals surface area contributed by atoms with E-state index in [9.17, 15) is 0 Å². The molecule has 8 heteroatoms. The van der Waals surface area contributed by atoms with Crippen LogP contribution >= 0.6 is 24.8 Å². The lowest BCUT2D eigenvalue weighted by molar-refractivity contribution is -0.109. The summed E-state index contributed by atoms with van der Waals surface area (Å²) in [6.07, 6.45) is 32.7. The Morgan fingerprint density at radius 2 is 0.528 bits per heavy atom. The maximum absolute atomic E-state index is 6.44. The lowest BCUT2D eigenvalue weighted by atomic mass is 9.92. The molecule has 53 heavy (non-hydrogen) atoms. The van der Waals surface area contributed by atoms with E-state index in [0.29, 0.717) is 26.4 Å². The first-order chi connectivity index (χ1) is 25.1. The number of hydrogen-bond acceptors (Lipinski definition) is 6. The molecule has 0 radical (unpaired) electrons. The monoisotopic (exact) mass is 799 g/mol. The number of halogens is 2. The molecule has 0 aliphatic heterocycles. The molecular formula is C45H96Cl2N2O4. The normalized spacial score (nSPS) is 11.8. The lowest BCUT2D eigenvalue weighted by Crippen LogP contribution is -2.43. The molecular weight excluding hydrogens is 703 g/mol. The van der Waals surface area contributed by atoms with Crippen LogP contribution in [0.15, 0.2) is 0 Å². The summed E-state index contributed by atoms with van der Waals surface area (Å²) in [4.78, 5) is 4.85. The predicted octanol–water partition coefficient (Wildman–Crippen LogP) is 13.0. The van der Waals surface area contributed by atoms with Crippen molar-refractivity contribution in [3.63, 3.8) is 0 Å². The Hall–Kier alpha value is 0.340. The van der Waals surface area contributed by atoms with Gasteiger partial charge >= 0.3 is 0 Å². The molecule has 0 bridgehead atoms. The van der Waals surface area contributed by atoms with Gasteiger partial charge in [-0.3, -0.25) is 0 Å². The van der Waals surface area contributed by atoms with Crippen molar-refractivity contribution in [3.8, 4) is 0 Å². The first-order valence-corrected chi connectivity index (χ1v) is 22.9. The Morgan fingerprint density at radius 3 is 0.774 bits per heavy atom. The smallest absolute Gasteiger partial charge is 0.0637 e. The summed E-state index contributed by atoms with van der Waals surface area (Å²) in [5.74, 6) is 0. The number of ether oxygens (including phenoxy) is 4. The van der Waals surface area contributed by atoms with Crippen LogP contribution in [0.25, 0.3) is 0 Å². The minimum atomic E-state index is -0.277. The van der Waals surface area contributed by atoms with Crippen LogP contribution in [0, 0.1) is 5.41 Å². The zero-order valence-corrected chi connectivity index (χ0v) is 38.3. The Kier molecular flexibility index (Phi) is 50.8. The van der Waals surface area contributed by atoms with Crippen LogP contribution in [0.3, 0.4) is 0 Å². The minimum Gasteiger partial charge on any atom is -0.381 e. The van der Waals surface area contributed by atoms with Gasteiger partial charge in [0.25, 0.3) is 0 Å². The summed E-state index contributed by atoms with van der Waals surface area (Å²) in [6.45, 7) is 25.3. The highest BCUT2D eigenvalue weighted by molar-refractivity contribution is 5.85. The van der Waals surface area contributed by atoms with Gasteiger partial charge in [-0.25, -0.2) is 0 Å². The van der Waals surface area contributed by atoms with E-state index in [2.05, 4.69) is 51.3 Å². The van der Waals surface area contributed by atoms with Crippen molar-refractivity contribution in [1.29, 1.82) is 0 Å². The van der Waals surface area contributed by atoms with Gasteiger partial charge < -0.3 is 28.7 Å². The van der Waals surface area contributed by atoms with E-state index in [1.165, 1.54) is 141 Å². The standard InChI is InChI=1S/C45H94N2O4.2ClH/c1-7-13-15-17-19-21-23-25-27-29-31-33-37-48-41-45(43-50-39-35-46(9-3)10-4,44-51-40-36-47(11-5)12-6)42-49-38-34-32-30-28-26-24-22-20-18-16-14-8-2;;/h7-44H2,1-6H3;2*1H. The van der Waals surface area contributed by atoms with Gasteiger partial charge in [0.15, 0.2) is 0 Å². The highest BCUT2D eigenvalue weighted by Crippen LogP contribution is 2.22. The van der Waals surface area contributed by atoms with Crippen LogP contribution in [0.4, 0.5) is 0 Å². The number of unbranched alkanes of at least 4 members (excludes halogenated alkanes) is 22. The molecule has 0 aliphatic carbocycles. The molecule has 0 aromatic heterocycles. The molecule has 0 heterocycles. The molecule has 0 aromatic rings. The van der Waals surface area contributed by atoms with Gasteiger partial charge in [0.2, 0.25) is 0 Å². The number of hydrogen-bond donors (Lipinski definition) is 0. The molecule has 0 aromatic carbocycles. The summed E-state index contributed by atoms with van der Waals surface area (Å²) < 4.78 is 25.7. The van der Waals surface area contributed by atoms with Crippen molar-refractivity contribution in [3.05, 3.63) is 0 Å². The molecule has 0 amide bonds. The van der Waals surface area contributed by atoms with E-state index in [0.717, 1.165) is 78.5 Å². The number of nitrogens with zero attached hydrogens (tertiary/aromatic N) is 2. The van der Waals surface area contributed by atoms with Crippen LogP contribution < -0.4 is 0 Å². The van der Waals surface area contributed by atoms with E-state index >= 15 is 0 Å². The second kappa shape index (κ2) is 46.7. The van der Waals surface area contributed by atoms with E-state index in [1.807, 2.05) is 0 Å². The molecule has 0 fully saturated rings. The van der Waals surface area contributed by atoms with Gasteiger partial charge in [0.05, 0.1) is 45.1 Å². The van der Waals surface area contributed by atoms with Crippen molar-refractivity contribution >= 4 is 24.8 Å². The Balaban J connectivity index is -0.0000125. The Bertz CT molecular complexity index is 602.